The maximum absolute atomic E-state index is 12.1. The van der Waals surface area contributed by atoms with Gasteiger partial charge < -0.3 is 19.9 Å². The summed E-state index contributed by atoms with van der Waals surface area (Å²) < 4.78 is 10.3. The molecule has 0 saturated carbocycles. The van der Waals surface area contributed by atoms with Crippen molar-refractivity contribution < 1.29 is 19.4 Å². The van der Waals surface area contributed by atoms with E-state index >= 15 is 0 Å². The average Bonchev–Trinajstić information content (AvgIpc) is 2.44. The van der Waals surface area contributed by atoms with E-state index < -0.39 is 0 Å². The maximum atomic E-state index is 12.1. The third-order valence-corrected chi connectivity index (χ3v) is 2.88. The van der Waals surface area contributed by atoms with Crippen molar-refractivity contribution in [3.63, 3.8) is 0 Å². The van der Waals surface area contributed by atoms with Gasteiger partial charge in [0.1, 0.15) is 11.5 Å². The Hall–Kier alpha value is -1.75. The van der Waals surface area contributed by atoms with Gasteiger partial charge in [0.15, 0.2) is 0 Å². The molecule has 2 N–H and O–H groups in total. The van der Waals surface area contributed by atoms with Crippen molar-refractivity contribution >= 4 is 5.91 Å². The number of carbonyl (C=O) groups is 1. The maximum Gasteiger partial charge on any atom is 0.255 e. The Balaban J connectivity index is 2.74. The van der Waals surface area contributed by atoms with Crippen LogP contribution in [0.4, 0.5) is 0 Å². The van der Waals surface area contributed by atoms with Crippen LogP contribution in [0.25, 0.3) is 0 Å². The predicted molar refractivity (Wildman–Crippen MR) is 72.7 cm³/mol. The van der Waals surface area contributed by atoms with E-state index in [0.29, 0.717) is 30.0 Å². The van der Waals surface area contributed by atoms with Gasteiger partial charge >= 0.3 is 0 Å². The molecule has 0 fully saturated rings. The zero-order valence-corrected chi connectivity index (χ0v) is 11.6. The van der Waals surface area contributed by atoms with E-state index in [1.165, 1.54) is 7.11 Å². The van der Waals surface area contributed by atoms with Gasteiger partial charge in [-0.25, -0.2) is 0 Å². The van der Waals surface area contributed by atoms with Crippen molar-refractivity contribution in [3.05, 3.63) is 23.8 Å². The van der Waals surface area contributed by atoms with Crippen LogP contribution in [0.2, 0.25) is 0 Å². The van der Waals surface area contributed by atoms with Gasteiger partial charge in [-0.05, 0) is 30.5 Å². The van der Waals surface area contributed by atoms with Crippen LogP contribution >= 0.6 is 0 Å². The van der Waals surface area contributed by atoms with E-state index in [1.54, 1.807) is 25.3 Å². The van der Waals surface area contributed by atoms with E-state index in [2.05, 4.69) is 5.32 Å². The van der Waals surface area contributed by atoms with Gasteiger partial charge in [-0.1, -0.05) is 6.92 Å². The van der Waals surface area contributed by atoms with Gasteiger partial charge in [0.05, 0.1) is 19.8 Å². The number of benzene rings is 1. The van der Waals surface area contributed by atoms with Crippen LogP contribution in [0.3, 0.4) is 0 Å². The van der Waals surface area contributed by atoms with Crippen LogP contribution < -0.4 is 14.8 Å². The van der Waals surface area contributed by atoms with Crippen LogP contribution in [-0.4, -0.2) is 38.4 Å². The summed E-state index contributed by atoms with van der Waals surface area (Å²) >= 11 is 0. The number of rotatable bonds is 7. The molecular weight excluding hydrogens is 246 g/mol. The summed E-state index contributed by atoms with van der Waals surface area (Å²) in [4.78, 5) is 12.1. The average molecular weight is 267 g/mol. The molecule has 0 bridgehead atoms. The fraction of sp³-hybridized carbons (Fsp3) is 0.500. The normalized spacial score (nSPS) is 11.8. The number of amides is 1. The quantitative estimate of drug-likeness (QED) is 0.784. The lowest BCUT2D eigenvalue weighted by molar-refractivity contribution is 0.0942. The molecule has 106 valence electrons. The number of hydrogen-bond donors (Lipinski definition) is 2. The van der Waals surface area contributed by atoms with Crippen LogP contribution in [0.1, 0.15) is 23.7 Å². The number of ether oxygens (including phenoxy) is 2. The lowest BCUT2D eigenvalue weighted by Gasteiger charge is -2.13. The lowest BCUT2D eigenvalue weighted by Crippen LogP contribution is -2.29. The molecule has 5 heteroatoms. The molecule has 0 heterocycles. The minimum absolute atomic E-state index is 0.125. The van der Waals surface area contributed by atoms with Crippen molar-refractivity contribution in [1.82, 2.24) is 5.32 Å². The fourth-order valence-corrected chi connectivity index (χ4v) is 1.68. The van der Waals surface area contributed by atoms with Gasteiger partial charge in [0.25, 0.3) is 5.91 Å². The first-order valence-electron chi connectivity index (χ1n) is 6.23. The molecule has 0 spiro atoms. The summed E-state index contributed by atoms with van der Waals surface area (Å²) in [6.45, 7) is 2.61. The standard InChI is InChI=1S/C14H21NO4/c1-10(6-7-16)9-15-14(17)12-8-11(18-2)4-5-13(12)19-3/h4-5,8,10,16H,6-7,9H2,1-3H3,(H,15,17). The zero-order chi connectivity index (χ0) is 14.3. The van der Waals surface area contributed by atoms with E-state index in [9.17, 15) is 4.79 Å². The van der Waals surface area contributed by atoms with Crippen LogP contribution in [-0.2, 0) is 0 Å². The molecule has 1 amide bonds. The van der Waals surface area contributed by atoms with Gasteiger partial charge in [-0.3, -0.25) is 4.79 Å². The van der Waals surface area contributed by atoms with Crippen molar-refractivity contribution in [3.8, 4) is 11.5 Å². The largest absolute Gasteiger partial charge is 0.497 e. The third kappa shape index (κ3) is 4.44. The van der Waals surface area contributed by atoms with Crippen molar-refractivity contribution in [2.45, 2.75) is 13.3 Å². The van der Waals surface area contributed by atoms with Crippen molar-refractivity contribution in [1.29, 1.82) is 0 Å². The number of nitrogens with one attached hydrogen (secondary N) is 1. The van der Waals surface area contributed by atoms with Gasteiger partial charge in [0.2, 0.25) is 0 Å². The molecule has 1 aromatic rings. The molecular formula is C14H21NO4. The molecule has 0 aromatic heterocycles. The van der Waals surface area contributed by atoms with E-state index in [4.69, 9.17) is 14.6 Å². The summed E-state index contributed by atoms with van der Waals surface area (Å²) in [5, 5.41) is 11.6. The second-order valence-corrected chi connectivity index (χ2v) is 4.39. The smallest absolute Gasteiger partial charge is 0.255 e. The molecule has 1 rings (SSSR count). The van der Waals surface area contributed by atoms with Crippen LogP contribution in [0.15, 0.2) is 18.2 Å². The summed E-state index contributed by atoms with van der Waals surface area (Å²) in [5.41, 5.74) is 0.443. The Bertz CT molecular complexity index is 420. The minimum atomic E-state index is -0.208. The molecule has 0 aliphatic carbocycles. The summed E-state index contributed by atoms with van der Waals surface area (Å²) in [5.74, 6) is 1.13. The first-order valence-corrected chi connectivity index (χ1v) is 6.23. The highest BCUT2D eigenvalue weighted by atomic mass is 16.5. The van der Waals surface area contributed by atoms with Gasteiger partial charge in [0, 0.05) is 13.2 Å². The number of aliphatic hydroxyl groups is 1. The Morgan fingerprint density at radius 3 is 2.68 bits per heavy atom. The molecule has 1 atom stereocenters. The Morgan fingerprint density at radius 1 is 1.37 bits per heavy atom. The second-order valence-electron chi connectivity index (χ2n) is 4.39. The monoisotopic (exact) mass is 267 g/mol. The molecule has 1 aromatic carbocycles. The lowest BCUT2D eigenvalue weighted by atomic mass is 10.1. The zero-order valence-electron chi connectivity index (χ0n) is 11.6. The SMILES string of the molecule is COc1ccc(OC)c(C(=O)NCC(C)CCO)c1. The highest BCUT2D eigenvalue weighted by molar-refractivity contribution is 5.97. The number of aliphatic hydroxyl groups excluding tert-OH is 1. The Labute approximate surface area is 113 Å². The fourth-order valence-electron chi connectivity index (χ4n) is 1.68. The molecule has 19 heavy (non-hydrogen) atoms. The van der Waals surface area contributed by atoms with E-state index in [1.807, 2.05) is 6.92 Å². The first-order chi connectivity index (χ1) is 9.12. The Kier molecular flexibility index (Phi) is 6.15. The molecule has 1 unspecified atom stereocenters. The van der Waals surface area contributed by atoms with E-state index in [-0.39, 0.29) is 18.4 Å². The predicted octanol–water partition coefficient (Wildman–Crippen LogP) is 1.45. The third-order valence-electron chi connectivity index (χ3n) is 2.88. The molecule has 0 saturated heterocycles. The number of carbonyl (C=O) groups excluding carboxylic acids is 1. The summed E-state index contributed by atoms with van der Waals surface area (Å²) in [6, 6.07) is 5.08. The highest BCUT2D eigenvalue weighted by Gasteiger charge is 2.14. The van der Waals surface area contributed by atoms with Crippen LogP contribution in [0, 0.1) is 5.92 Å². The Morgan fingerprint density at radius 2 is 2.11 bits per heavy atom. The summed E-state index contributed by atoms with van der Waals surface area (Å²) in [6.07, 6.45) is 0.662. The number of methoxy groups -OCH3 is 2. The first kappa shape index (κ1) is 15.3. The highest BCUT2D eigenvalue weighted by Crippen LogP contribution is 2.23. The minimum Gasteiger partial charge on any atom is -0.497 e. The van der Waals surface area contributed by atoms with Gasteiger partial charge in [-0.2, -0.15) is 0 Å². The molecule has 0 aliphatic rings. The molecule has 0 aliphatic heterocycles. The van der Waals surface area contributed by atoms with Gasteiger partial charge in [-0.15, -0.1) is 0 Å². The van der Waals surface area contributed by atoms with E-state index in [0.717, 1.165) is 0 Å². The van der Waals surface area contributed by atoms with Crippen molar-refractivity contribution in [2.75, 3.05) is 27.4 Å². The van der Waals surface area contributed by atoms with Crippen LogP contribution in [0.5, 0.6) is 11.5 Å². The van der Waals surface area contributed by atoms with Crippen molar-refractivity contribution in [2.24, 2.45) is 5.92 Å². The summed E-state index contributed by atoms with van der Waals surface area (Å²) in [7, 11) is 3.07. The molecule has 0 radical (unpaired) electrons. The topological polar surface area (TPSA) is 67.8 Å². The number of hydrogen-bond acceptors (Lipinski definition) is 4. The molecule has 5 nitrogen and oxygen atoms in total. The second kappa shape index (κ2) is 7.63.